The van der Waals surface area contributed by atoms with Crippen molar-refractivity contribution < 1.29 is 27.4 Å². The second kappa shape index (κ2) is 11.6. The van der Waals surface area contributed by atoms with Gasteiger partial charge < -0.3 is 14.2 Å². The Bertz CT molecular complexity index is 1280. The quantitative estimate of drug-likeness (QED) is 0.358. The van der Waals surface area contributed by atoms with Gasteiger partial charge in [0.1, 0.15) is 5.75 Å². The minimum atomic E-state index is -4.18. The monoisotopic (exact) mass is 495 g/mol. The van der Waals surface area contributed by atoms with E-state index in [4.69, 9.17) is 14.2 Å². The van der Waals surface area contributed by atoms with E-state index in [2.05, 4.69) is 0 Å². The predicted octanol–water partition coefficient (Wildman–Crippen LogP) is 5.24. The average molecular weight is 496 g/mol. The zero-order valence-corrected chi connectivity index (χ0v) is 21.0. The summed E-state index contributed by atoms with van der Waals surface area (Å²) in [7, 11) is -1.13. The van der Waals surface area contributed by atoms with Crippen molar-refractivity contribution in [3.05, 3.63) is 83.9 Å². The number of hydrogen-bond acceptors (Lipinski definition) is 6. The molecule has 0 spiro atoms. The molecule has 0 aliphatic rings. The molecule has 184 valence electrons. The number of nitrogens with zero attached hydrogens (tertiary/aromatic N) is 1. The van der Waals surface area contributed by atoms with Gasteiger partial charge in [0, 0.05) is 6.08 Å². The zero-order valence-electron chi connectivity index (χ0n) is 20.2. The molecule has 0 saturated carbocycles. The van der Waals surface area contributed by atoms with Gasteiger partial charge >= 0.3 is 0 Å². The molecular weight excluding hydrogens is 466 g/mol. The first-order valence-electron chi connectivity index (χ1n) is 11.1. The standard InChI is InChI=1S/C27H29NO6S/c1-5-18-34-25-16-8-21(19-26(25)33-4)9-17-27(29)28(22-10-12-23(32-3)13-11-22)35(30,31)24-14-6-20(2)7-15-24/h6-17,19H,5,18H2,1-4H3/b17-9+. The molecule has 3 aromatic rings. The smallest absolute Gasteiger partial charge is 0.271 e. The van der Waals surface area contributed by atoms with Crippen LogP contribution in [0, 0.1) is 6.92 Å². The molecule has 8 heteroatoms. The summed E-state index contributed by atoms with van der Waals surface area (Å²) in [4.78, 5) is 13.3. The maximum Gasteiger partial charge on any atom is 0.271 e. The molecule has 0 heterocycles. The van der Waals surface area contributed by atoms with Crippen LogP contribution in [0.25, 0.3) is 6.08 Å². The number of methoxy groups -OCH3 is 2. The zero-order chi connectivity index (χ0) is 25.4. The van der Waals surface area contributed by atoms with E-state index in [9.17, 15) is 13.2 Å². The first-order valence-corrected chi connectivity index (χ1v) is 12.5. The molecule has 0 atom stereocenters. The third-order valence-corrected chi connectivity index (χ3v) is 6.87. The van der Waals surface area contributed by atoms with E-state index in [1.165, 1.54) is 50.6 Å². The Morgan fingerprint density at radius 2 is 1.60 bits per heavy atom. The van der Waals surface area contributed by atoms with E-state index in [-0.39, 0.29) is 10.6 Å². The molecule has 3 aromatic carbocycles. The summed E-state index contributed by atoms with van der Waals surface area (Å²) in [5, 5.41) is 0. The number of amides is 1. The van der Waals surface area contributed by atoms with Gasteiger partial charge in [0.25, 0.3) is 15.9 Å². The lowest BCUT2D eigenvalue weighted by Gasteiger charge is -2.21. The number of carbonyl (C=O) groups excluding carboxylic acids is 1. The topological polar surface area (TPSA) is 82.1 Å². The Hall–Kier alpha value is -3.78. The molecule has 1 amide bonds. The summed E-state index contributed by atoms with van der Waals surface area (Å²) >= 11 is 0. The van der Waals surface area contributed by atoms with Gasteiger partial charge in [-0.05, 0) is 73.5 Å². The van der Waals surface area contributed by atoms with Gasteiger partial charge in [-0.25, -0.2) is 8.42 Å². The van der Waals surface area contributed by atoms with Crippen molar-refractivity contribution in [1.82, 2.24) is 0 Å². The van der Waals surface area contributed by atoms with Crippen LogP contribution in [0.5, 0.6) is 17.2 Å². The van der Waals surface area contributed by atoms with E-state index >= 15 is 0 Å². The van der Waals surface area contributed by atoms with E-state index < -0.39 is 15.9 Å². The lowest BCUT2D eigenvalue weighted by molar-refractivity contribution is -0.113. The summed E-state index contributed by atoms with van der Waals surface area (Å²) in [6.07, 6.45) is 3.61. The van der Waals surface area contributed by atoms with Crippen molar-refractivity contribution >= 4 is 27.7 Å². The highest BCUT2D eigenvalue weighted by Gasteiger charge is 2.29. The highest BCUT2D eigenvalue weighted by Crippen LogP contribution is 2.30. The van der Waals surface area contributed by atoms with Crippen molar-refractivity contribution in [2.45, 2.75) is 25.2 Å². The van der Waals surface area contributed by atoms with Crippen LogP contribution >= 0.6 is 0 Å². The summed E-state index contributed by atoms with van der Waals surface area (Å²) in [5.41, 5.74) is 1.76. The minimum absolute atomic E-state index is 0.0137. The molecule has 0 radical (unpaired) electrons. The molecule has 0 saturated heterocycles. The Balaban J connectivity index is 1.98. The van der Waals surface area contributed by atoms with Gasteiger partial charge in [0.2, 0.25) is 0 Å². The Morgan fingerprint density at radius 3 is 2.20 bits per heavy atom. The van der Waals surface area contributed by atoms with E-state index in [1.807, 2.05) is 13.8 Å². The number of hydrogen-bond donors (Lipinski definition) is 0. The van der Waals surface area contributed by atoms with Crippen LogP contribution in [0.15, 0.2) is 77.7 Å². The minimum Gasteiger partial charge on any atom is -0.497 e. The van der Waals surface area contributed by atoms with E-state index in [0.29, 0.717) is 29.4 Å². The SMILES string of the molecule is CCCOc1ccc(/C=C/C(=O)N(c2ccc(OC)cc2)S(=O)(=O)c2ccc(C)cc2)cc1OC. The fraction of sp³-hybridized carbons (Fsp3) is 0.222. The first kappa shape index (κ1) is 25.8. The van der Waals surface area contributed by atoms with Gasteiger partial charge in [-0.3, -0.25) is 4.79 Å². The number of rotatable bonds is 10. The van der Waals surface area contributed by atoms with Crippen molar-refractivity contribution in [2.24, 2.45) is 0 Å². The lowest BCUT2D eigenvalue weighted by atomic mass is 10.2. The molecule has 7 nitrogen and oxygen atoms in total. The molecule has 3 rings (SSSR count). The molecule has 0 aliphatic carbocycles. The Labute approximate surface area is 206 Å². The highest BCUT2D eigenvalue weighted by atomic mass is 32.2. The number of sulfonamides is 1. The summed E-state index contributed by atoms with van der Waals surface area (Å²) in [6, 6.07) is 17.8. The van der Waals surface area contributed by atoms with Gasteiger partial charge in [-0.15, -0.1) is 0 Å². The predicted molar refractivity (Wildman–Crippen MR) is 137 cm³/mol. The Morgan fingerprint density at radius 1 is 0.914 bits per heavy atom. The highest BCUT2D eigenvalue weighted by molar-refractivity contribution is 7.93. The summed E-state index contributed by atoms with van der Waals surface area (Å²) < 4.78 is 44.0. The van der Waals surface area contributed by atoms with Gasteiger partial charge in [0.15, 0.2) is 11.5 Å². The second-order valence-electron chi connectivity index (χ2n) is 7.71. The molecule has 35 heavy (non-hydrogen) atoms. The summed E-state index contributed by atoms with van der Waals surface area (Å²) in [5.74, 6) is 0.940. The van der Waals surface area contributed by atoms with Crippen LogP contribution < -0.4 is 18.5 Å². The fourth-order valence-electron chi connectivity index (χ4n) is 3.27. The molecule has 0 aliphatic heterocycles. The summed E-state index contributed by atoms with van der Waals surface area (Å²) in [6.45, 7) is 4.42. The number of carbonyl (C=O) groups is 1. The van der Waals surface area contributed by atoms with E-state index in [0.717, 1.165) is 16.3 Å². The number of ether oxygens (including phenoxy) is 3. The van der Waals surface area contributed by atoms with Crippen molar-refractivity contribution in [3.8, 4) is 17.2 Å². The molecule has 0 aromatic heterocycles. The fourth-order valence-corrected chi connectivity index (χ4v) is 4.66. The van der Waals surface area contributed by atoms with Gasteiger partial charge in [0.05, 0.1) is 31.4 Å². The third-order valence-electron chi connectivity index (χ3n) is 5.13. The first-order chi connectivity index (χ1) is 16.8. The molecule has 0 N–H and O–H groups in total. The maximum absolute atomic E-state index is 13.5. The molecular formula is C27H29NO6S. The van der Waals surface area contributed by atoms with Crippen molar-refractivity contribution in [1.29, 1.82) is 0 Å². The number of aryl methyl sites for hydroxylation is 1. The van der Waals surface area contributed by atoms with E-state index in [1.54, 1.807) is 42.5 Å². The van der Waals surface area contributed by atoms with Crippen LogP contribution in [-0.4, -0.2) is 35.2 Å². The molecule has 0 bridgehead atoms. The normalized spacial score (nSPS) is 11.3. The van der Waals surface area contributed by atoms with Gasteiger partial charge in [-0.2, -0.15) is 4.31 Å². The maximum atomic E-state index is 13.5. The number of anilines is 1. The van der Waals surface area contributed by atoms with Gasteiger partial charge in [-0.1, -0.05) is 30.7 Å². The van der Waals surface area contributed by atoms with Crippen LogP contribution in [0.3, 0.4) is 0 Å². The third kappa shape index (κ3) is 6.22. The van der Waals surface area contributed by atoms with Crippen LogP contribution in [-0.2, 0) is 14.8 Å². The lowest BCUT2D eigenvalue weighted by Crippen LogP contribution is -2.35. The second-order valence-corrected chi connectivity index (χ2v) is 9.50. The molecule has 0 unspecified atom stereocenters. The molecule has 0 fully saturated rings. The van der Waals surface area contributed by atoms with Crippen LogP contribution in [0.2, 0.25) is 0 Å². The van der Waals surface area contributed by atoms with Crippen LogP contribution in [0.4, 0.5) is 5.69 Å². The number of benzene rings is 3. The Kier molecular flexibility index (Phi) is 8.54. The van der Waals surface area contributed by atoms with Crippen molar-refractivity contribution in [3.63, 3.8) is 0 Å². The average Bonchev–Trinajstić information content (AvgIpc) is 2.87. The van der Waals surface area contributed by atoms with Crippen LogP contribution in [0.1, 0.15) is 24.5 Å². The largest absolute Gasteiger partial charge is 0.497 e. The van der Waals surface area contributed by atoms with Crippen molar-refractivity contribution in [2.75, 3.05) is 25.1 Å².